The van der Waals surface area contributed by atoms with Gasteiger partial charge in [0, 0.05) is 24.0 Å². The highest BCUT2D eigenvalue weighted by Gasteiger charge is 2.54. The summed E-state index contributed by atoms with van der Waals surface area (Å²) in [5.74, 6) is 2.76. The van der Waals surface area contributed by atoms with Crippen molar-refractivity contribution in [2.75, 3.05) is 7.05 Å². The third kappa shape index (κ3) is 1.63. The van der Waals surface area contributed by atoms with E-state index in [-0.39, 0.29) is 0 Å². The maximum Gasteiger partial charge on any atom is 0.115 e. The maximum atomic E-state index is 4.13. The predicted molar refractivity (Wildman–Crippen MR) is 62.8 cm³/mol. The van der Waals surface area contributed by atoms with Gasteiger partial charge >= 0.3 is 0 Å². The Labute approximate surface area is 96.7 Å². The molecule has 1 N–H and O–H groups in total. The van der Waals surface area contributed by atoms with E-state index < -0.39 is 0 Å². The molecule has 0 spiro atoms. The van der Waals surface area contributed by atoms with Crippen molar-refractivity contribution >= 4 is 0 Å². The lowest BCUT2D eigenvalue weighted by Gasteiger charge is -2.15. The van der Waals surface area contributed by atoms with Crippen LogP contribution in [0.5, 0.6) is 0 Å². The Hall–Kier alpha value is -0.960. The first kappa shape index (κ1) is 10.2. The van der Waals surface area contributed by atoms with Gasteiger partial charge in [-0.05, 0) is 37.6 Å². The molecule has 0 aromatic carbocycles. The van der Waals surface area contributed by atoms with E-state index in [1.165, 1.54) is 31.2 Å². The van der Waals surface area contributed by atoms with Crippen LogP contribution >= 0.6 is 0 Å². The quantitative estimate of drug-likeness (QED) is 0.843. The van der Waals surface area contributed by atoms with Crippen LogP contribution in [0.25, 0.3) is 0 Å². The molecule has 0 aliphatic heterocycles. The SMILES string of the molecule is CNC(c1cncnc1)C1C2CCCCC21. The normalized spacial score (nSPS) is 34.2. The van der Waals surface area contributed by atoms with Crippen molar-refractivity contribution in [1.29, 1.82) is 0 Å². The molecule has 2 fully saturated rings. The number of nitrogens with zero attached hydrogens (tertiary/aromatic N) is 2. The van der Waals surface area contributed by atoms with E-state index >= 15 is 0 Å². The summed E-state index contributed by atoms with van der Waals surface area (Å²) < 4.78 is 0. The van der Waals surface area contributed by atoms with E-state index in [1.54, 1.807) is 6.33 Å². The molecule has 0 radical (unpaired) electrons. The van der Waals surface area contributed by atoms with E-state index in [4.69, 9.17) is 0 Å². The van der Waals surface area contributed by atoms with Crippen LogP contribution in [0.3, 0.4) is 0 Å². The van der Waals surface area contributed by atoms with Crippen LogP contribution in [0.2, 0.25) is 0 Å². The molecule has 2 aliphatic carbocycles. The molecule has 1 heterocycles. The van der Waals surface area contributed by atoms with E-state index in [1.807, 2.05) is 12.4 Å². The Balaban J connectivity index is 1.77. The minimum atomic E-state index is 0.467. The maximum absolute atomic E-state index is 4.13. The van der Waals surface area contributed by atoms with Crippen molar-refractivity contribution in [2.45, 2.75) is 31.7 Å². The van der Waals surface area contributed by atoms with Gasteiger partial charge in [0.05, 0.1) is 0 Å². The van der Waals surface area contributed by atoms with Crippen LogP contribution in [0, 0.1) is 17.8 Å². The highest BCUT2D eigenvalue weighted by atomic mass is 14.9. The zero-order valence-electron chi connectivity index (χ0n) is 9.76. The lowest BCUT2D eigenvalue weighted by atomic mass is 10.0. The molecule has 16 heavy (non-hydrogen) atoms. The smallest absolute Gasteiger partial charge is 0.115 e. The topological polar surface area (TPSA) is 37.8 Å². The molecule has 1 aromatic heterocycles. The minimum absolute atomic E-state index is 0.467. The van der Waals surface area contributed by atoms with Crippen molar-refractivity contribution in [3.05, 3.63) is 24.3 Å². The number of aromatic nitrogens is 2. The highest BCUT2D eigenvalue weighted by molar-refractivity contribution is 5.17. The Bertz CT molecular complexity index is 339. The second-order valence-electron chi connectivity index (χ2n) is 5.13. The summed E-state index contributed by atoms with van der Waals surface area (Å²) in [6.45, 7) is 0. The van der Waals surface area contributed by atoms with Crippen LogP contribution in [0.15, 0.2) is 18.7 Å². The van der Waals surface area contributed by atoms with Crippen molar-refractivity contribution in [2.24, 2.45) is 17.8 Å². The third-order valence-electron chi connectivity index (χ3n) is 4.36. The van der Waals surface area contributed by atoms with Gasteiger partial charge in [-0.2, -0.15) is 0 Å². The summed E-state index contributed by atoms with van der Waals surface area (Å²) in [7, 11) is 2.06. The van der Waals surface area contributed by atoms with Gasteiger partial charge in [-0.15, -0.1) is 0 Å². The van der Waals surface area contributed by atoms with Crippen molar-refractivity contribution in [3.63, 3.8) is 0 Å². The zero-order chi connectivity index (χ0) is 11.0. The van der Waals surface area contributed by atoms with Gasteiger partial charge in [0.15, 0.2) is 0 Å². The average Bonchev–Trinajstić information content (AvgIpc) is 3.07. The van der Waals surface area contributed by atoms with Crippen molar-refractivity contribution in [3.8, 4) is 0 Å². The monoisotopic (exact) mass is 217 g/mol. The number of fused-ring (bicyclic) bond motifs is 1. The molecule has 0 saturated heterocycles. The Morgan fingerprint density at radius 2 is 1.81 bits per heavy atom. The predicted octanol–water partition coefficient (Wildman–Crippen LogP) is 2.17. The van der Waals surface area contributed by atoms with Crippen molar-refractivity contribution in [1.82, 2.24) is 15.3 Å². The fraction of sp³-hybridized carbons (Fsp3) is 0.692. The molecule has 86 valence electrons. The summed E-state index contributed by atoms with van der Waals surface area (Å²) in [4.78, 5) is 8.26. The third-order valence-corrected chi connectivity index (χ3v) is 4.36. The van der Waals surface area contributed by atoms with Gasteiger partial charge in [-0.1, -0.05) is 12.8 Å². The molecule has 3 heteroatoms. The van der Waals surface area contributed by atoms with Crippen LogP contribution in [-0.2, 0) is 0 Å². The fourth-order valence-electron chi connectivity index (χ4n) is 3.59. The van der Waals surface area contributed by atoms with Crippen LogP contribution in [0.4, 0.5) is 0 Å². The summed E-state index contributed by atoms with van der Waals surface area (Å²) in [6, 6.07) is 0.467. The second-order valence-corrected chi connectivity index (χ2v) is 5.13. The number of hydrogen-bond acceptors (Lipinski definition) is 3. The molecule has 2 saturated carbocycles. The Morgan fingerprint density at radius 3 is 2.38 bits per heavy atom. The average molecular weight is 217 g/mol. The summed E-state index contributed by atoms with van der Waals surface area (Å²) >= 11 is 0. The molecule has 3 atom stereocenters. The molecular formula is C13H19N3. The van der Waals surface area contributed by atoms with Gasteiger partial charge in [0.1, 0.15) is 6.33 Å². The Morgan fingerprint density at radius 1 is 1.19 bits per heavy atom. The number of rotatable bonds is 3. The molecule has 1 aromatic rings. The van der Waals surface area contributed by atoms with Crippen LogP contribution in [-0.4, -0.2) is 17.0 Å². The molecule has 3 rings (SSSR count). The van der Waals surface area contributed by atoms with E-state index in [9.17, 15) is 0 Å². The molecular weight excluding hydrogens is 198 g/mol. The minimum Gasteiger partial charge on any atom is -0.313 e. The lowest BCUT2D eigenvalue weighted by molar-refractivity contribution is 0.479. The standard InChI is InChI=1S/C13H19N3/c1-14-13(9-6-15-8-16-7-9)12-10-4-2-3-5-11(10)12/h6-8,10-14H,2-5H2,1H3. The summed E-state index contributed by atoms with van der Waals surface area (Å²) in [6.07, 6.45) is 11.2. The molecule has 2 aliphatic rings. The molecule has 3 nitrogen and oxygen atoms in total. The van der Waals surface area contributed by atoms with E-state index in [0.717, 1.165) is 17.8 Å². The molecule has 3 unspecified atom stereocenters. The summed E-state index contributed by atoms with van der Waals surface area (Å²) in [5, 5.41) is 3.46. The highest BCUT2D eigenvalue weighted by Crippen LogP contribution is 2.60. The first-order valence-electron chi connectivity index (χ1n) is 6.34. The lowest BCUT2D eigenvalue weighted by Crippen LogP contribution is -2.20. The number of hydrogen-bond donors (Lipinski definition) is 1. The van der Waals surface area contributed by atoms with Crippen LogP contribution < -0.4 is 5.32 Å². The summed E-state index contributed by atoms with van der Waals surface area (Å²) in [5.41, 5.74) is 1.25. The Kier molecular flexibility index (Phi) is 2.64. The molecule has 0 bridgehead atoms. The fourth-order valence-corrected chi connectivity index (χ4v) is 3.59. The van der Waals surface area contributed by atoms with Gasteiger partial charge in [-0.25, -0.2) is 9.97 Å². The second kappa shape index (κ2) is 4.13. The van der Waals surface area contributed by atoms with Gasteiger partial charge in [0.25, 0.3) is 0 Å². The van der Waals surface area contributed by atoms with E-state index in [2.05, 4.69) is 22.3 Å². The van der Waals surface area contributed by atoms with Crippen LogP contribution in [0.1, 0.15) is 37.3 Å². The molecule has 0 amide bonds. The largest absolute Gasteiger partial charge is 0.313 e. The van der Waals surface area contributed by atoms with Crippen molar-refractivity contribution < 1.29 is 0 Å². The van der Waals surface area contributed by atoms with Gasteiger partial charge in [0.2, 0.25) is 0 Å². The van der Waals surface area contributed by atoms with Gasteiger partial charge in [-0.3, -0.25) is 0 Å². The van der Waals surface area contributed by atoms with Gasteiger partial charge < -0.3 is 5.32 Å². The first-order chi connectivity index (χ1) is 7.92. The van der Waals surface area contributed by atoms with E-state index in [0.29, 0.717) is 6.04 Å². The zero-order valence-corrected chi connectivity index (χ0v) is 9.76. The number of nitrogens with one attached hydrogen (secondary N) is 1. The first-order valence-corrected chi connectivity index (χ1v) is 6.34.